The van der Waals surface area contributed by atoms with E-state index >= 15 is 0 Å². The third-order valence-corrected chi connectivity index (χ3v) is 1.36. The van der Waals surface area contributed by atoms with Gasteiger partial charge < -0.3 is 10.7 Å². The third kappa shape index (κ3) is 1.54. The molecule has 0 atom stereocenters. The Balaban J connectivity index is 3.02. The Morgan fingerprint density at radius 1 is 1.36 bits per heavy atom. The van der Waals surface area contributed by atoms with Gasteiger partial charge in [-0.05, 0) is 5.56 Å². The van der Waals surface area contributed by atoms with Crippen LogP contribution in [0.2, 0.25) is 0 Å². The van der Waals surface area contributed by atoms with E-state index in [1.807, 2.05) is 0 Å². The fourth-order valence-electron chi connectivity index (χ4n) is 0.829. The van der Waals surface area contributed by atoms with Crippen molar-refractivity contribution in [3.8, 4) is 0 Å². The molecule has 62 valence electrons. The summed E-state index contributed by atoms with van der Waals surface area (Å²) in [5, 5.41) is 0. The Morgan fingerprint density at radius 2 is 2.00 bits per heavy atom. The van der Waals surface area contributed by atoms with Crippen LogP contribution in [0.25, 0.3) is 0 Å². The van der Waals surface area contributed by atoms with Crippen molar-refractivity contribution < 1.29 is 13.2 Å². The smallest absolute Gasteiger partial charge is 0.367 e. The van der Waals surface area contributed by atoms with E-state index in [9.17, 15) is 13.2 Å². The first kappa shape index (κ1) is 8.13. The molecule has 0 radical (unpaired) electrons. The SMILES string of the molecule is NCc1c[nH]cc1C(F)(F)F. The number of nitrogens with two attached hydrogens (primary N) is 1. The van der Waals surface area contributed by atoms with Gasteiger partial charge >= 0.3 is 6.18 Å². The van der Waals surface area contributed by atoms with Gasteiger partial charge in [0, 0.05) is 18.9 Å². The minimum absolute atomic E-state index is 0.0949. The molecule has 1 aromatic heterocycles. The lowest BCUT2D eigenvalue weighted by Crippen LogP contribution is -2.08. The summed E-state index contributed by atoms with van der Waals surface area (Å²) in [7, 11) is 0. The molecule has 0 amide bonds. The van der Waals surface area contributed by atoms with Gasteiger partial charge in [0.15, 0.2) is 0 Å². The van der Waals surface area contributed by atoms with Crippen LogP contribution >= 0.6 is 0 Å². The zero-order valence-electron chi connectivity index (χ0n) is 5.57. The standard InChI is InChI=1S/C6H7F3N2/c7-6(8,9)5-3-11-2-4(5)1-10/h2-3,11H,1,10H2. The summed E-state index contributed by atoms with van der Waals surface area (Å²) in [5.74, 6) is 0. The highest BCUT2D eigenvalue weighted by molar-refractivity contribution is 5.25. The summed E-state index contributed by atoms with van der Waals surface area (Å²) in [4.78, 5) is 2.36. The quantitative estimate of drug-likeness (QED) is 0.648. The number of H-pyrrole nitrogens is 1. The number of hydrogen-bond acceptors (Lipinski definition) is 1. The lowest BCUT2D eigenvalue weighted by molar-refractivity contribution is -0.138. The maximum absolute atomic E-state index is 12.0. The van der Waals surface area contributed by atoms with Crippen molar-refractivity contribution in [2.45, 2.75) is 12.7 Å². The Labute approximate surface area is 61.2 Å². The molecule has 5 heteroatoms. The van der Waals surface area contributed by atoms with Gasteiger partial charge in [-0.2, -0.15) is 13.2 Å². The monoisotopic (exact) mass is 164 g/mol. The van der Waals surface area contributed by atoms with Crippen molar-refractivity contribution in [3.63, 3.8) is 0 Å². The summed E-state index contributed by atoms with van der Waals surface area (Å²) >= 11 is 0. The molecule has 11 heavy (non-hydrogen) atoms. The summed E-state index contributed by atoms with van der Waals surface area (Å²) in [5.41, 5.74) is 4.49. The van der Waals surface area contributed by atoms with Gasteiger partial charge in [-0.15, -0.1) is 0 Å². The molecule has 0 saturated carbocycles. The molecule has 0 spiro atoms. The first-order chi connectivity index (χ1) is 5.05. The van der Waals surface area contributed by atoms with Crippen molar-refractivity contribution in [3.05, 3.63) is 23.5 Å². The molecule has 0 saturated heterocycles. The normalized spacial score (nSPS) is 12.0. The van der Waals surface area contributed by atoms with Gasteiger partial charge in [-0.3, -0.25) is 0 Å². The van der Waals surface area contributed by atoms with Gasteiger partial charge in [0.05, 0.1) is 5.56 Å². The molecule has 0 aromatic carbocycles. The topological polar surface area (TPSA) is 41.8 Å². The molecule has 2 nitrogen and oxygen atoms in total. The predicted octanol–water partition coefficient (Wildman–Crippen LogP) is 1.49. The van der Waals surface area contributed by atoms with Gasteiger partial charge in [0.2, 0.25) is 0 Å². The molecule has 0 aliphatic heterocycles. The Hall–Kier alpha value is -0.970. The molecule has 3 N–H and O–H groups in total. The highest BCUT2D eigenvalue weighted by atomic mass is 19.4. The van der Waals surface area contributed by atoms with Gasteiger partial charge in [-0.25, -0.2) is 0 Å². The van der Waals surface area contributed by atoms with E-state index in [0.717, 1.165) is 6.20 Å². The number of aromatic nitrogens is 1. The average molecular weight is 164 g/mol. The highest BCUT2D eigenvalue weighted by Gasteiger charge is 2.33. The number of hydrogen-bond donors (Lipinski definition) is 2. The zero-order valence-corrected chi connectivity index (χ0v) is 5.57. The minimum atomic E-state index is -4.30. The lowest BCUT2D eigenvalue weighted by Gasteiger charge is -2.04. The summed E-state index contributed by atoms with van der Waals surface area (Å²) < 4.78 is 36.0. The molecule has 0 aliphatic rings. The van der Waals surface area contributed by atoms with E-state index in [1.54, 1.807) is 0 Å². The number of nitrogens with one attached hydrogen (secondary N) is 1. The molecule has 0 aliphatic carbocycles. The van der Waals surface area contributed by atoms with E-state index in [2.05, 4.69) is 4.98 Å². The van der Waals surface area contributed by atoms with Crippen LogP contribution in [0.15, 0.2) is 12.4 Å². The fraction of sp³-hybridized carbons (Fsp3) is 0.333. The summed E-state index contributed by atoms with van der Waals surface area (Å²) in [6.45, 7) is -0.0989. The van der Waals surface area contributed by atoms with E-state index in [1.165, 1.54) is 6.20 Å². The Morgan fingerprint density at radius 3 is 2.36 bits per heavy atom. The fourth-order valence-corrected chi connectivity index (χ4v) is 0.829. The third-order valence-electron chi connectivity index (χ3n) is 1.36. The van der Waals surface area contributed by atoms with Crippen LogP contribution in [0.3, 0.4) is 0 Å². The van der Waals surface area contributed by atoms with Crippen LogP contribution in [-0.4, -0.2) is 4.98 Å². The molecular formula is C6H7F3N2. The van der Waals surface area contributed by atoms with Crippen molar-refractivity contribution in [2.24, 2.45) is 5.73 Å². The lowest BCUT2D eigenvalue weighted by atomic mass is 10.2. The second-order valence-corrected chi connectivity index (χ2v) is 2.10. The Bertz CT molecular complexity index is 238. The highest BCUT2D eigenvalue weighted by Crippen LogP contribution is 2.31. The van der Waals surface area contributed by atoms with Crippen molar-refractivity contribution >= 4 is 0 Å². The molecule has 1 rings (SSSR count). The van der Waals surface area contributed by atoms with Crippen molar-refractivity contribution in [2.75, 3.05) is 0 Å². The second kappa shape index (κ2) is 2.58. The van der Waals surface area contributed by atoms with Gasteiger partial charge in [0.1, 0.15) is 0 Å². The number of rotatable bonds is 1. The molecule has 0 unspecified atom stereocenters. The second-order valence-electron chi connectivity index (χ2n) is 2.10. The van der Waals surface area contributed by atoms with Crippen LogP contribution in [0.5, 0.6) is 0 Å². The summed E-state index contributed by atoms with van der Waals surface area (Å²) in [6, 6.07) is 0. The van der Waals surface area contributed by atoms with E-state index in [-0.39, 0.29) is 12.1 Å². The van der Waals surface area contributed by atoms with Crippen LogP contribution in [0.4, 0.5) is 13.2 Å². The first-order valence-electron chi connectivity index (χ1n) is 2.98. The van der Waals surface area contributed by atoms with Crippen LogP contribution in [0, 0.1) is 0 Å². The zero-order chi connectivity index (χ0) is 8.48. The van der Waals surface area contributed by atoms with Crippen LogP contribution in [0.1, 0.15) is 11.1 Å². The maximum Gasteiger partial charge on any atom is 0.418 e. The first-order valence-corrected chi connectivity index (χ1v) is 2.98. The summed E-state index contributed by atoms with van der Waals surface area (Å²) in [6.07, 6.45) is -2.14. The van der Waals surface area contributed by atoms with Crippen LogP contribution in [-0.2, 0) is 12.7 Å². The molecule has 0 fully saturated rings. The van der Waals surface area contributed by atoms with E-state index < -0.39 is 11.7 Å². The molecule has 1 aromatic rings. The predicted molar refractivity (Wildman–Crippen MR) is 33.7 cm³/mol. The van der Waals surface area contributed by atoms with E-state index in [4.69, 9.17) is 5.73 Å². The van der Waals surface area contributed by atoms with Gasteiger partial charge in [-0.1, -0.05) is 0 Å². The van der Waals surface area contributed by atoms with Crippen molar-refractivity contribution in [1.82, 2.24) is 4.98 Å². The average Bonchev–Trinajstić information content (AvgIpc) is 2.31. The molecule has 0 bridgehead atoms. The van der Waals surface area contributed by atoms with Crippen LogP contribution < -0.4 is 5.73 Å². The minimum Gasteiger partial charge on any atom is -0.367 e. The van der Waals surface area contributed by atoms with Crippen molar-refractivity contribution in [1.29, 1.82) is 0 Å². The van der Waals surface area contributed by atoms with Gasteiger partial charge in [0.25, 0.3) is 0 Å². The maximum atomic E-state index is 12.0. The molecular weight excluding hydrogens is 157 g/mol. The largest absolute Gasteiger partial charge is 0.418 e. The number of aromatic amines is 1. The Kier molecular flexibility index (Phi) is 1.90. The number of alkyl halides is 3. The van der Waals surface area contributed by atoms with E-state index in [0.29, 0.717) is 0 Å². The number of halogens is 3. The molecule has 1 heterocycles.